The fourth-order valence-corrected chi connectivity index (χ4v) is 1.20. The van der Waals surface area contributed by atoms with E-state index in [9.17, 15) is 9.18 Å². The Bertz CT molecular complexity index is 316. The third-order valence-electron chi connectivity index (χ3n) is 1.39. The molecule has 3 nitrogen and oxygen atoms in total. The van der Waals surface area contributed by atoms with Gasteiger partial charge in [0.25, 0.3) is 5.91 Å². The Labute approximate surface area is 71.3 Å². The summed E-state index contributed by atoms with van der Waals surface area (Å²) in [7, 11) is 2.26. The second-order valence-electron chi connectivity index (χ2n) is 2.21. The monoisotopic (exact) mass is 186 g/mol. The fraction of sp³-hybridized carbons (Fsp3) is 0. The number of amides is 1. The van der Waals surface area contributed by atoms with Crippen LogP contribution in [0.15, 0.2) is 18.2 Å². The highest BCUT2D eigenvalue weighted by atomic mass is 31.0. The van der Waals surface area contributed by atoms with Crippen LogP contribution in [-0.2, 0) is 0 Å². The van der Waals surface area contributed by atoms with E-state index in [-0.39, 0.29) is 5.82 Å². The molecule has 0 aliphatic carbocycles. The van der Waals surface area contributed by atoms with Gasteiger partial charge in [-0.3, -0.25) is 10.2 Å². The van der Waals surface area contributed by atoms with Gasteiger partial charge in [-0.1, -0.05) is 0 Å². The molecule has 3 N–H and O–H groups in total. The largest absolute Gasteiger partial charge is 0.290 e. The Morgan fingerprint density at radius 3 is 2.75 bits per heavy atom. The maximum absolute atomic E-state index is 12.5. The average Bonchev–Trinajstić information content (AvgIpc) is 2.03. The molecule has 5 heteroatoms. The maximum atomic E-state index is 12.5. The van der Waals surface area contributed by atoms with E-state index in [1.165, 1.54) is 18.2 Å². The number of hydrogen-bond acceptors (Lipinski definition) is 2. The van der Waals surface area contributed by atoms with Crippen LogP contribution in [0, 0.1) is 5.82 Å². The van der Waals surface area contributed by atoms with Gasteiger partial charge in [-0.25, -0.2) is 10.2 Å². The predicted molar refractivity (Wildman–Crippen MR) is 47.4 cm³/mol. The van der Waals surface area contributed by atoms with Crippen molar-refractivity contribution in [2.24, 2.45) is 5.84 Å². The van der Waals surface area contributed by atoms with Gasteiger partial charge in [-0.15, -0.1) is 9.24 Å². The zero-order valence-electron chi connectivity index (χ0n) is 6.17. The summed E-state index contributed by atoms with van der Waals surface area (Å²) < 4.78 is 12.5. The average molecular weight is 186 g/mol. The highest BCUT2D eigenvalue weighted by Crippen LogP contribution is 2.03. The summed E-state index contributed by atoms with van der Waals surface area (Å²) in [5.74, 6) is 4.10. The minimum Gasteiger partial charge on any atom is -0.290 e. The summed E-state index contributed by atoms with van der Waals surface area (Å²) in [6.07, 6.45) is 0. The van der Waals surface area contributed by atoms with E-state index in [1.807, 2.05) is 5.43 Å². The summed E-state index contributed by atoms with van der Waals surface area (Å²) in [4.78, 5) is 11.0. The van der Waals surface area contributed by atoms with Gasteiger partial charge in [-0.05, 0) is 23.5 Å². The van der Waals surface area contributed by atoms with Gasteiger partial charge in [-0.2, -0.15) is 0 Å². The van der Waals surface area contributed by atoms with Crippen LogP contribution in [0.25, 0.3) is 0 Å². The number of rotatable bonds is 1. The van der Waals surface area contributed by atoms with Crippen molar-refractivity contribution in [1.29, 1.82) is 0 Å². The minimum atomic E-state index is -0.431. The van der Waals surface area contributed by atoms with Crippen LogP contribution < -0.4 is 16.6 Å². The first kappa shape index (κ1) is 9.10. The minimum absolute atomic E-state index is 0.351. The molecule has 12 heavy (non-hydrogen) atoms. The molecule has 0 heterocycles. The molecule has 1 aromatic rings. The van der Waals surface area contributed by atoms with Gasteiger partial charge in [0.15, 0.2) is 0 Å². The highest BCUT2D eigenvalue weighted by molar-refractivity contribution is 7.27. The number of carbonyl (C=O) groups is 1. The standard InChI is InChI=1S/C7H8FN2OP/c8-4-1-2-5(6(12)3-4)7(11)10-9/h1-3H,9,12H2,(H,10,11). The van der Waals surface area contributed by atoms with Crippen molar-refractivity contribution in [1.82, 2.24) is 5.43 Å². The first-order valence-electron chi connectivity index (χ1n) is 3.21. The van der Waals surface area contributed by atoms with Crippen LogP contribution >= 0.6 is 9.24 Å². The molecule has 0 bridgehead atoms. The Balaban J connectivity index is 3.09. The van der Waals surface area contributed by atoms with E-state index in [2.05, 4.69) is 9.24 Å². The molecule has 1 unspecified atom stereocenters. The summed E-state index contributed by atoms with van der Waals surface area (Å²) in [6.45, 7) is 0. The lowest BCUT2D eigenvalue weighted by Crippen LogP contribution is -2.32. The lowest BCUT2D eigenvalue weighted by molar-refractivity contribution is 0.0955. The molecule has 1 amide bonds. The number of halogens is 1. The van der Waals surface area contributed by atoms with Crippen molar-refractivity contribution in [3.63, 3.8) is 0 Å². The molecule has 0 spiro atoms. The van der Waals surface area contributed by atoms with E-state index in [1.54, 1.807) is 0 Å². The second kappa shape index (κ2) is 3.61. The van der Waals surface area contributed by atoms with Crippen LogP contribution in [0.4, 0.5) is 4.39 Å². The smallest absolute Gasteiger partial charge is 0.265 e. The molecule has 0 radical (unpaired) electrons. The molecule has 64 valence electrons. The van der Waals surface area contributed by atoms with E-state index in [0.29, 0.717) is 10.9 Å². The summed E-state index contributed by atoms with van der Waals surface area (Å²) >= 11 is 0. The first-order chi connectivity index (χ1) is 5.65. The fourth-order valence-electron chi connectivity index (χ4n) is 0.818. The molecule has 1 atom stereocenters. The summed E-state index contributed by atoms with van der Waals surface area (Å²) in [5.41, 5.74) is 2.32. The summed E-state index contributed by atoms with van der Waals surface area (Å²) in [5, 5.41) is 0.484. The molecule has 1 aromatic carbocycles. The molecule has 0 aromatic heterocycles. The molecule has 0 saturated carbocycles. The predicted octanol–water partition coefficient (Wildman–Crippen LogP) is -0.0704. The lowest BCUT2D eigenvalue weighted by Gasteiger charge is -2.02. The number of nitrogens with two attached hydrogens (primary N) is 1. The van der Waals surface area contributed by atoms with Crippen molar-refractivity contribution < 1.29 is 9.18 Å². The Morgan fingerprint density at radius 1 is 1.58 bits per heavy atom. The normalized spacial score (nSPS) is 9.58. The topological polar surface area (TPSA) is 55.1 Å². The zero-order valence-corrected chi connectivity index (χ0v) is 7.33. The zero-order chi connectivity index (χ0) is 9.14. The van der Waals surface area contributed by atoms with Gasteiger partial charge in [0.2, 0.25) is 0 Å². The van der Waals surface area contributed by atoms with Crippen LogP contribution in [0.3, 0.4) is 0 Å². The number of carbonyl (C=O) groups excluding carboxylic acids is 1. The number of hydrogen-bond donors (Lipinski definition) is 2. The van der Waals surface area contributed by atoms with E-state index in [0.717, 1.165) is 0 Å². The van der Waals surface area contributed by atoms with Crippen LogP contribution in [0.5, 0.6) is 0 Å². The molecular formula is C7H8FN2OP. The quantitative estimate of drug-likeness (QED) is 0.279. The third-order valence-corrected chi connectivity index (χ3v) is 1.87. The van der Waals surface area contributed by atoms with Gasteiger partial charge in [0.1, 0.15) is 5.82 Å². The van der Waals surface area contributed by atoms with Crippen molar-refractivity contribution >= 4 is 20.5 Å². The van der Waals surface area contributed by atoms with Gasteiger partial charge in [0.05, 0.1) is 0 Å². The number of hydrazine groups is 1. The van der Waals surface area contributed by atoms with E-state index in [4.69, 9.17) is 5.84 Å². The van der Waals surface area contributed by atoms with Crippen molar-refractivity contribution in [3.8, 4) is 0 Å². The van der Waals surface area contributed by atoms with Crippen molar-refractivity contribution in [2.45, 2.75) is 0 Å². The van der Waals surface area contributed by atoms with Gasteiger partial charge in [0, 0.05) is 5.56 Å². The molecule has 0 aliphatic heterocycles. The number of nitrogens with one attached hydrogen (secondary N) is 1. The van der Waals surface area contributed by atoms with Crippen molar-refractivity contribution in [3.05, 3.63) is 29.6 Å². The first-order valence-corrected chi connectivity index (χ1v) is 3.79. The van der Waals surface area contributed by atoms with E-state index >= 15 is 0 Å². The van der Waals surface area contributed by atoms with Gasteiger partial charge >= 0.3 is 0 Å². The second-order valence-corrected chi connectivity index (χ2v) is 2.83. The number of nitrogen functional groups attached to an aromatic ring is 1. The Kier molecular flexibility index (Phi) is 2.74. The molecule has 0 aliphatic rings. The highest BCUT2D eigenvalue weighted by Gasteiger charge is 2.06. The Morgan fingerprint density at radius 2 is 2.25 bits per heavy atom. The lowest BCUT2D eigenvalue weighted by atomic mass is 10.2. The summed E-state index contributed by atoms with van der Waals surface area (Å²) in [6, 6.07) is 3.83. The van der Waals surface area contributed by atoms with Crippen LogP contribution in [0.1, 0.15) is 10.4 Å². The molecule has 1 rings (SSSR count). The Hall–Kier alpha value is -0.990. The third kappa shape index (κ3) is 1.78. The van der Waals surface area contributed by atoms with Crippen LogP contribution in [0.2, 0.25) is 0 Å². The van der Waals surface area contributed by atoms with Crippen molar-refractivity contribution in [2.75, 3.05) is 0 Å². The number of benzene rings is 1. The SMILES string of the molecule is NNC(=O)c1ccc(F)cc1P. The van der Waals surface area contributed by atoms with E-state index < -0.39 is 5.91 Å². The van der Waals surface area contributed by atoms with Crippen LogP contribution in [-0.4, -0.2) is 5.91 Å². The van der Waals surface area contributed by atoms with Gasteiger partial charge < -0.3 is 0 Å². The maximum Gasteiger partial charge on any atom is 0.265 e. The molecule has 0 fully saturated rings. The molecule has 0 saturated heterocycles. The molecular weight excluding hydrogens is 178 g/mol.